The summed E-state index contributed by atoms with van der Waals surface area (Å²) in [6.07, 6.45) is 5.19. The number of nitrogens with one attached hydrogen (secondary N) is 2. The van der Waals surface area contributed by atoms with Crippen molar-refractivity contribution in [3.05, 3.63) is 0 Å². The lowest BCUT2D eigenvalue weighted by Crippen LogP contribution is -2.45. The summed E-state index contributed by atoms with van der Waals surface area (Å²) in [5.41, 5.74) is 0. The van der Waals surface area contributed by atoms with E-state index in [-0.39, 0.29) is 0 Å². The highest BCUT2D eigenvalue weighted by molar-refractivity contribution is 5.79. The third-order valence-electron chi connectivity index (χ3n) is 4.50. The molecule has 2 saturated heterocycles. The fourth-order valence-electron chi connectivity index (χ4n) is 3.21. The van der Waals surface area contributed by atoms with Crippen molar-refractivity contribution in [2.24, 2.45) is 4.99 Å². The van der Waals surface area contributed by atoms with Crippen molar-refractivity contribution in [2.45, 2.75) is 44.8 Å². The molecule has 0 aliphatic carbocycles. The van der Waals surface area contributed by atoms with E-state index >= 15 is 0 Å². The van der Waals surface area contributed by atoms with E-state index in [1.807, 2.05) is 7.05 Å². The molecule has 128 valence electrons. The van der Waals surface area contributed by atoms with Gasteiger partial charge in [-0.3, -0.25) is 9.89 Å². The summed E-state index contributed by atoms with van der Waals surface area (Å²) in [6, 6.07) is 0.638. The molecule has 2 unspecified atom stereocenters. The van der Waals surface area contributed by atoms with Gasteiger partial charge < -0.3 is 20.1 Å². The molecule has 2 heterocycles. The third kappa shape index (κ3) is 5.74. The molecule has 2 atom stereocenters. The molecule has 2 fully saturated rings. The average molecular weight is 312 g/mol. The van der Waals surface area contributed by atoms with Gasteiger partial charge in [0, 0.05) is 32.8 Å². The molecule has 6 heteroatoms. The monoisotopic (exact) mass is 312 g/mol. The molecule has 2 aliphatic rings. The Bertz CT molecular complexity index is 332. The summed E-state index contributed by atoms with van der Waals surface area (Å²) in [5.74, 6) is 0.865. The Balaban J connectivity index is 1.53. The van der Waals surface area contributed by atoms with Crippen LogP contribution >= 0.6 is 0 Å². The maximum absolute atomic E-state index is 5.65. The Labute approximate surface area is 134 Å². The number of likely N-dealkylation sites (tertiary alicyclic amines) is 1. The van der Waals surface area contributed by atoms with Gasteiger partial charge in [-0.2, -0.15) is 0 Å². The number of guanidine groups is 1. The van der Waals surface area contributed by atoms with Crippen molar-refractivity contribution in [1.29, 1.82) is 0 Å². The highest BCUT2D eigenvalue weighted by Gasteiger charge is 2.22. The van der Waals surface area contributed by atoms with Gasteiger partial charge in [0.05, 0.1) is 19.3 Å². The Morgan fingerprint density at radius 2 is 2.23 bits per heavy atom. The highest BCUT2D eigenvalue weighted by Crippen LogP contribution is 2.15. The lowest BCUT2D eigenvalue weighted by molar-refractivity contribution is 0.0191. The number of ether oxygens (including phenoxy) is 2. The first-order valence-electron chi connectivity index (χ1n) is 8.71. The minimum atomic E-state index is 0.305. The van der Waals surface area contributed by atoms with Crippen molar-refractivity contribution in [3.8, 4) is 0 Å². The summed E-state index contributed by atoms with van der Waals surface area (Å²) in [7, 11) is 1.81. The van der Waals surface area contributed by atoms with Crippen LogP contribution in [0.4, 0.5) is 0 Å². The van der Waals surface area contributed by atoms with Crippen LogP contribution < -0.4 is 10.6 Å². The van der Waals surface area contributed by atoms with Gasteiger partial charge in [-0.15, -0.1) is 0 Å². The number of nitrogens with zero attached hydrogens (tertiary/aromatic N) is 2. The van der Waals surface area contributed by atoms with Crippen molar-refractivity contribution in [3.63, 3.8) is 0 Å². The van der Waals surface area contributed by atoms with Gasteiger partial charge in [0.25, 0.3) is 0 Å². The molecule has 2 aliphatic heterocycles. The maximum Gasteiger partial charge on any atom is 0.191 e. The number of hydrogen-bond acceptors (Lipinski definition) is 4. The Morgan fingerprint density at radius 1 is 1.32 bits per heavy atom. The number of hydrogen-bond donors (Lipinski definition) is 2. The molecule has 0 aromatic heterocycles. The number of likely N-dealkylation sites (N-methyl/N-ethyl adjacent to an activating group) is 1. The minimum Gasteiger partial charge on any atom is -0.377 e. The van der Waals surface area contributed by atoms with E-state index in [1.54, 1.807) is 0 Å². The molecule has 6 nitrogen and oxygen atoms in total. The van der Waals surface area contributed by atoms with Crippen molar-refractivity contribution >= 4 is 5.96 Å². The van der Waals surface area contributed by atoms with Crippen molar-refractivity contribution in [1.82, 2.24) is 15.5 Å². The summed E-state index contributed by atoms with van der Waals surface area (Å²) in [6.45, 7) is 8.61. The predicted molar refractivity (Wildman–Crippen MR) is 89.4 cm³/mol. The summed E-state index contributed by atoms with van der Waals surface area (Å²) in [5, 5.41) is 6.73. The standard InChI is InChI=1S/C16H32N4O2/c1-3-20-9-4-6-14(20)12-19-16(17-2)18-8-11-21-13-15-7-5-10-22-15/h14-15H,3-13H2,1-2H3,(H2,17,18,19). The Kier molecular flexibility index (Phi) is 7.98. The average Bonchev–Trinajstić information content (AvgIpc) is 3.21. The van der Waals surface area contributed by atoms with E-state index in [2.05, 4.69) is 27.4 Å². The van der Waals surface area contributed by atoms with Crippen molar-refractivity contribution in [2.75, 3.05) is 53.0 Å². The highest BCUT2D eigenvalue weighted by atomic mass is 16.5. The fourth-order valence-corrected chi connectivity index (χ4v) is 3.21. The van der Waals surface area contributed by atoms with Gasteiger partial charge in [0.15, 0.2) is 5.96 Å². The zero-order valence-electron chi connectivity index (χ0n) is 14.1. The first-order valence-corrected chi connectivity index (χ1v) is 8.71. The largest absolute Gasteiger partial charge is 0.377 e. The van der Waals surface area contributed by atoms with Crippen LogP contribution in [0.15, 0.2) is 4.99 Å². The van der Waals surface area contributed by atoms with Crippen LogP contribution in [0.3, 0.4) is 0 Å². The SMILES string of the molecule is CCN1CCCC1CNC(=NC)NCCOCC1CCCO1. The first kappa shape index (κ1) is 17.5. The second kappa shape index (κ2) is 10.0. The molecule has 2 rings (SSSR count). The second-order valence-corrected chi connectivity index (χ2v) is 6.01. The second-order valence-electron chi connectivity index (χ2n) is 6.01. The van der Waals surface area contributed by atoms with Crippen LogP contribution in [0, 0.1) is 0 Å². The van der Waals surface area contributed by atoms with Gasteiger partial charge >= 0.3 is 0 Å². The van der Waals surface area contributed by atoms with Gasteiger partial charge in [-0.25, -0.2) is 0 Å². The van der Waals surface area contributed by atoms with Crippen LogP contribution in [0.1, 0.15) is 32.6 Å². The molecular weight excluding hydrogens is 280 g/mol. The summed E-state index contributed by atoms with van der Waals surface area (Å²) >= 11 is 0. The van der Waals surface area contributed by atoms with Crippen LogP contribution in [0.5, 0.6) is 0 Å². The topological polar surface area (TPSA) is 58.1 Å². The van der Waals surface area contributed by atoms with E-state index in [0.29, 0.717) is 25.4 Å². The van der Waals surface area contributed by atoms with Crippen LogP contribution in [0.25, 0.3) is 0 Å². The molecule has 22 heavy (non-hydrogen) atoms. The summed E-state index contributed by atoms with van der Waals surface area (Å²) in [4.78, 5) is 6.80. The molecule has 0 amide bonds. The van der Waals surface area contributed by atoms with Gasteiger partial charge in [0.1, 0.15) is 0 Å². The molecule has 0 aromatic carbocycles. The Morgan fingerprint density at radius 3 is 2.95 bits per heavy atom. The predicted octanol–water partition coefficient (Wildman–Crippen LogP) is 0.831. The smallest absolute Gasteiger partial charge is 0.191 e. The van der Waals surface area contributed by atoms with E-state index in [1.165, 1.54) is 25.8 Å². The molecular formula is C16H32N4O2. The number of rotatable bonds is 8. The van der Waals surface area contributed by atoms with Gasteiger partial charge in [-0.05, 0) is 38.8 Å². The molecule has 0 aromatic rings. The Hall–Kier alpha value is -0.850. The maximum atomic E-state index is 5.65. The van der Waals surface area contributed by atoms with Crippen LogP contribution in [-0.2, 0) is 9.47 Å². The molecule has 2 N–H and O–H groups in total. The van der Waals surface area contributed by atoms with E-state index in [0.717, 1.165) is 38.6 Å². The molecule has 0 radical (unpaired) electrons. The van der Waals surface area contributed by atoms with E-state index in [9.17, 15) is 0 Å². The quantitative estimate of drug-likeness (QED) is 0.395. The van der Waals surface area contributed by atoms with Gasteiger partial charge in [-0.1, -0.05) is 6.92 Å². The van der Waals surface area contributed by atoms with Crippen LogP contribution in [-0.4, -0.2) is 76.1 Å². The summed E-state index contributed by atoms with van der Waals surface area (Å²) < 4.78 is 11.2. The lowest BCUT2D eigenvalue weighted by Gasteiger charge is -2.24. The number of aliphatic imine (C=N–C) groups is 1. The zero-order chi connectivity index (χ0) is 15.6. The minimum absolute atomic E-state index is 0.305. The third-order valence-corrected chi connectivity index (χ3v) is 4.50. The molecule has 0 saturated carbocycles. The molecule has 0 spiro atoms. The fraction of sp³-hybridized carbons (Fsp3) is 0.938. The van der Waals surface area contributed by atoms with E-state index < -0.39 is 0 Å². The van der Waals surface area contributed by atoms with Gasteiger partial charge in [0.2, 0.25) is 0 Å². The molecule has 0 bridgehead atoms. The lowest BCUT2D eigenvalue weighted by atomic mass is 10.2. The van der Waals surface area contributed by atoms with E-state index in [4.69, 9.17) is 9.47 Å². The van der Waals surface area contributed by atoms with Crippen LogP contribution in [0.2, 0.25) is 0 Å². The normalized spacial score (nSPS) is 26.5. The van der Waals surface area contributed by atoms with Crippen molar-refractivity contribution < 1.29 is 9.47 Å². The first-order chi connectivity index (χ1) is 10.8. The zero-order valence-corrected chi connectivity index (χ0v) is 14.1.